The van der Waals surface area contributed by atoms with Crippen molar-refractivity contribution in [2.75, 3.05) is 13.1 Å². The fourth-order valence-corrected chi connectivity index (χ4v) is 3.49. The van der Waals surface area contributed by atoms with Gasteiger partial charge in [0.1, 0.15) is 12.1 Å². The van der Waals surface area contributed by atoms with Gasteiger partial charge in [0, 0.05) is 28.0 Å². The highest BCUT2D eigenvalue weighted by Gasteiger charge is 2.21. The molecule has 0 amide bonds. The molecular formula is C17H21ClNO2+. The number of aryl methyl sites for hydroxylation is 1. The molecule has 0 saturated carbocycles. The van der Waals surface area contributed by atoms with Crippen molar-refractivity contribution in [3.05, 3.63) is 44.8 Å². The molecule has 1 aromatic carbocycles. The summed E-state index contributed by atoms with van der Waals surface area (Å²) in [5.74, 6) is 0.756. The number of piperidine rings is 1. The Kier molecular flexibility index (Phi) is 4.05. The molecule has 1 fully saturated rings. The van der Waals surface area contributed by atoms with Crippen molar-refractivity contribution in [3.63, 3.8) is 0 Å². The van der Waals surface area contributed by atoms with E-state index in [4.69, 9.17) is 16.0 Å². The van der Waals surface area contributed by atoms with Crippen molar-refractivity contribution >= 4 is 22.6 Å². The van der Waals surface area contributed by atoms with E-state index in [-0.39, 0.29) is 5.63 Å². The van der Waals surface area contributed by atoms with Crippen LogP contribution in [-0.4, -0.2) is 13.1 Å². The summed E-state index contributed by atoms with van der Waals surface area (Å²) in [6.45, 7) is 7.43. The second-order valence-corrected chi connectivity index (χ2v) is 6.72. The summed E-state index contributed by atoms with van der Waals surface area (Å²) in [6, 6.07) is 5.41. The summed E-state index contributed by atoms with van der Waals surface area (Å²) in [6.07, 6.45) is 2.57. The van der Waals surface area contributed by atoms with Gasteiger partial charge in [-0.05, 0) is 37.5 Å². The number of rotatable bonds is 2. The van der Waals surface area contributed by atoms with Crippen molar-refractivity contribution in [2.45, 2.75) is 33.2 Å². The van der Waals surface area contributed by atoms with Crippen LogP contribution in [-0.2, 0) is 6.54 Å². The minimum Gasteiger partial charge on any atom is -0.423 e. The lowest BCUT2D eigenvalue weighted by Crippen LogP contribution is -3.12. The zero-order chi connectivity index (χ0) is 15.0. The molecule has 2 heterocycles. The number of quaternary nitrogens is 1. The molecule has 21 heavy (non-hydrogen) atoms. The maximum absolute atomic E-state index is 11.8. The zero-order valence-electron chi connectivity index (χ0n) is 12.5. The Balaban J connectivity index is 2.00. The molecule has 2 aromatic rings. The van der Waals surface area contributed by atoms with E-state index in [0.29, 0.717) is 5.58 Å². The van der Waals surface area contributed by atoms with Crippen LogP contribution < -0.4 is 10.5 Å². The number of likely N-dealkylation sites (tertiary alicyclic amines) is 1. The van der Waals surface area contributed by atoms with Gasteiger partial charge in [0.05, 0.1) is 13.1 Å². The molecule has 1 unspecified atom stereocenters. The summed E-state index contributed by atoms with van der Waals surface area (Å²) in [5, 5.41) is 1.69. The van der Waals surface area contributed by atoms with Crippen molar-refractivity contribution in [1.82, 2.24) is 0 Å². The Hall–Kier alpha value is -1.32. The summed E-state index contributed by atoms with van der Waals surface area (Å²) in [7, 11) is 0. The van der Waals surface area contributed by atoms with Gasteiger partial charge in [-0.15, -0.1) is 0 Å². The third kappa shape index (κ3) is 3.14. The maximum atomic E-state index is 11.8. The second-order valence-electron chi connectivity index (χ2n) is 6.32. The lowest BCUT2D eigenvalue weighted by molar-refractivity contribution is -0.922. The average molecular weight is 307 g/mol. The van der Waals surface area contributed by atoms with Gasteiger partial charge in [0.2, 0.25) is 0 Å². The number of halogens is 1. The summed E-state index contributed by atoms with van der Waals surface area (Å²) >= 11 is 6.24. The molecule has 0 spiro atoms. The van der Waals surface area contributed by atoms with E-state index in [0.717, 1.165) is 34.0 Å². The first-order valence-electron chi connectivity index (χ1n) is 7.59. The van der Waals surface area contributed by atoms with Crippen LogP contribution in [0.2, 0.25) is 5.02 Å². The lowest BCUT2D eigenvalue weighted by Gasteiger charge is -2.28. The molecule has 0 radical (unpaired) electrons. The average Bonchev–Trinajstić information content (AvgIpc) is 2.41. The largest absolute Gasteiger partial charge is 0.423 e. The minimum atomic E-state index is -0.274. The molecule has 3 nitrogen and oxygen atoms in total. The number of hydrogen-bond acceptors (Lipinski definition) is 2. The van der Waals surface area contributed by atoms with Crippen LogP contribution in [0, 0.1) is 12.8 Å². The SMILES string of the molecule is Cc1cc2oc(=O)cc(C[NH+]3CCC[C@H](C)C3)c2cc1Cl. The predicted octanol–water partition coefficient (Wildman–Crippen LogP) is 2.57. The smallest absolute Gasteiger partial charge is 0.336 e. The topological polar surface area (TPSA) is 34.6 Å². The Morgan fingerprint density at radius 1 is 1.38 bits per heavy atom. The van der Waals surface area contributed by atoms with Gasteiger partial charge in [-0.1, -0.05) is 18.5 Å². The molecule has 2 atom stereocenters. The summed E-state index contributed by atoms with van der Waals surface area (Å²) in [4.78, 5) is 13.3. The Bertz CT molecular complexity index is 723. The monoisotopic (exact) mass is 306 g/mol. The Morgan fingerprint density at radius 3 is 2.95 bits per heavy atom. The van der Waals surface area contributed by atoms with Gasteiger partial charge >= 0.3 is 5.63 Å². The fraction of sp³-hybridized carbons (Fsp3) is 0.471. The van der Waals surface area contributed by atoms with Gasteiger partial charge in [-0.3, -0.25) is 0 Å². The van der Waals surface area contributed by atoms with Gasteiger partial charge in [0.15, 0.2) is 0 Å². The normalized spacial score (nSPS) is 22.6. The van der Waals surface area contributed by atoms with E-state index < -0.39 is 0 Å². The first kappa shape index (κ1) is 14.6. The highest BCUT2D eigenvalue weighted by atomic mass is 35.5. The molecule has 1 aliphatic rings. The van der Waals surface area contributed by atoms with E-state index >= 15 is 0 Å². The van der Waals surface area contributed by atoms with Crippen LogP contribution in [0.15, 0.2) is 27.4 Å². The molecule has 1 aliphatic heterocycles. The molecule has 1 saturated heterocycles. The predicted molar refractivity (Wildman–Crippen MR) is 85.0 cm³/mol. The highest BCUT2D eigenvalue weighted by molar-refractivity contribution is 6.32. The third-order valence-corrected chi connectivity index (χ3v) is 4.82. The van der Waals surface area contributed by atoms with E-state index in [1.165, 1.54) is 30.8 Å². The number of nitrogens with one attached hydrogen (secondary N) is 1. The van der Waals surface area contributed by atoms with Crippen LogP contribution >= 0.6 is 11.6 Å². The Labute approximate surface area is 129 Å². The van der Waals surface area contributed by atoms with Crippen LogP contribution in [0.3, 0.4) is 0 Å². The van der Waals surface area contributed by atoms with Crippen LogP contribution in [0.5, 0.6) is 0 Å². The van der Waals surface area contributed by atoms with Crippen LogP contribution in [0.1, 0.15) is 30.9 Å². The summed E-state index contributed by atoms with van der Waals surface area (Å²) < 4.78 is 5.32. The first-order valence-corrected chi connectivity index (χ1v) is 7.97. The minimum absolute atomic E-state index is 0.274. The quantitative estimate of drug-likeness (QED) is 0.866. The molecule has 1 aromatic heterocycles. The number of benzene rings is 1. The van der Waals surface area contributed by atoms with Crippen molar-refractivity contribution in [3.8, 4) is 0 Å². The van der Waals surface area contributed by atoms with E-state index in [1.54, 1.807) is 6.07 Å². The Morgan fingerprint density at radius 2 is 2.19 bits per heavy atom. The van der Waals surface area contributed by atoms with Crippen molar-refractivity contribution in [2.24, 2.45) is 5.92 Å². The molecule has 112 valence electrons. The molecule has 3 rings (SSSR count). The second kappa shape index (κ2) is 5.82. The molecule has 0 bridgehead atoms. The summed E-state index contributed by atoms with van der Waals surface area (Å²) in [5.41, 5.74) is 2.35. The van der Waals surface area contributed by atoms with Crippen LogP contribution in [0.4, 0.5) is 0 Å². The molecule has 4 heteroatoms. The van der Waals surface area contributed by atoms with Gasteiger partial charge in [-0.25, -0.2) is 4.79 Å². The lowest BCUT2D eigenvalue weighted by atomic mass is 9.99. The van der Waals surface area contributed by atoms with Gasteiger partial charge in [0.25, 0.3) is 0 Å². The van der Waals surface area contributed by atoms with Crippen molar-refractivity contribution in [1.29, 1.82) is 0 Å². The fourth-order valence-electron chi connectivity index (χ4n) is 3.32. The number of fused-ring (bicyclic) bond motifs is 1. The number of hydrogen-bond donors (Lipinski definition) is 1. The highest BCUT2D eigenvalue weighted by Crippen LogP contribution is 2.25. The standard InChI is InChI=1S/C17H20ClNO2/c1-11-4-3-5-19(9-11)10-13-7-17(20)21-16-6-12(2)15(18)8-14(13)16/h6-8,11H,3-5,9-10H2,1-2H3/p+1/t11-/m0/s1. The first-order chi connectivity index (χ1) is 10.0. The maximum Gasteiger partial charge on any atom is 0.336 e. The zero-order valence-corrected chi connectivity index (χ0v) is 13.3. The molecule has 1 N–H and O–H groups in total. The van der Waals surface area contributed by atoms with Crippen LogP contribution in [0.25, 0.3) is 11.0 Å². The van der Waals surface area contributed by atoms with Gasteiger partial charge < -0.3 is 9.32 Å². The third-order valence-electron chi connectivity index (χ3n) is 4.41. The molecule has 0 aliphatic carbocycles. The van der Waals surface area contributed by atoms with E-state index in [1.807, 2.05) is 19.1 Å². The van der Waals surface area contributed by atoms with Crippen molar-refractivity contribution < 1.29 is 9.32 Å². The van der Waals surface area contributed by atoms with E-state index in [9.17, 15) is 4.79 Å². The van der Waals surface area contributed by atoms with E-state index in [2.05, 4.69) is 6.92 Å². The van der Waals surface area contributed by atoms with Gasteiger partial charge in [-0.2, -0.15) is 0 Å². The molecular weight excluding hydrogens is 286 g/mol.